The number of nitrogens with one attached hydrogen (secondary N) is 1. The van der Waals surface area contributed by atoms with Crippen LogP contribution in [-0.2, 0) is 21.2 Å². The highest BCUT2D eigenvalue weighted by molar-refractivity contribution is 7.91. The molecule has 0 aliphatic carbocycles. The second-order valence-electron chi connectivity index (χ2n) is 4.61. The first-order valence-corrected chi connectivity index (χ1v) is 7.73. The van der Waals surface area contributed by atoms with Crippen LogP contribution in [0.5, 0.6) is 0 Å². The van der Waals surface area contributed by atoms with E-state index in [1.807, 2.05) is 12.1 Å². The quantitative estimate of drug-likeness (QED) is 0.864. The topological polar surface area (TPSA) is 76.1 Å². The summed E-state index contributed by atoms with van der Waals surface area (Å²) >= 11 is 0. The average molecular weight is 268 g/mol. The van der Waals surface area contributed by atoms with Crippen molar-refractivity contribution in [3.05, 3.63) is 30.1 Å². The van der Waals surface area contributed by atoms with Crippen LogP contribution in [0.4, 0.5) is 0 Å². The molecule has 0 radical (unpaired) electrons. The van der Waals surface area contributed by atoms with Crippen LogP contribution in [0.2, 0.25) is 0 Å². The predicted molar refractivity (Wildman–Crippen MR) is 67.5 cm³/mol. The van der Waals surface area contributed by atoms with Crippen molar-refractivity contribution in [2.24, 2.45) is 5.92 Å². The van der Waals surface area contributed by atoms with Crippen LogP contribution < -0.4 is 5.32 Å². The highest BCUT2D eigenvalue weighted by Gasteiger charge is 2.29. The summed E-state index contributed by atoms with van der Waals surface area (Å²) in [5.74, 6) is 0.256. The zero-order valence-electron chi connectivity index (χ0n) is 10.0. The molecule has 2 rings (SSSR count). The number of aromatic nitrogens is 1. The van der Waals surface area contributed by atoms with E-state index in [1.165, 1.54) is 0 Å². The van der Waals surface area contributed by atoms with Crippen LogP contribution in [-0.4, -0.2) is 30.8 Å². The Kier molecular flexibility index (Phi) is 3.96. The molecule has 0 aromatic carbocycles. The summed E-state index contributed by atoms with van der Waals surface area (Å²) in [6.45, 7) is 0.459. The van der Waals surface area contributed by atoms with Gasteiger partial charge >= 0.3 is 0 Å². The predicted octanol–water partition coefficient (Wildman–Crippen LogP) is 0.523. The molecule has 1 aliphatic heterocycles. The zero-order valence-corrected chi connectivity index (χ0v) is 10.8. The molecule has 1 aromatic rings. The van der Waals surface area contributed by atoms with Gasteiger partial charge in [0.1, 0.15) is 0 Å². The van der Waals surface area contributed by atoms with Gasteiger partial charge in [-0.15, -0.1) is 0 Å². The van der Waals surface area contributed by atoms with E-state index in [9.17, 15) is 13.2 Å². The van der Waals surface area contributed by atoms with Gasteiger partial charge in [-0.25, -0.2) is 8.42 Å². The molecule has 0 bridgehead atoms. The van der Waals surface area contributed by atoms with Crippen molar-refractivity contribution in [1.29, 1.82) is 0 Å². The van der Waals surface area contributed by atoms with Crippen LogP contribution in [0.15, 0.2) is 24.5 Å². The molecule has 1 aliphatic rings. The molecule has 1 saturated heterocycles. The molecular formula is C12H16N2O3S. The van der Waals surface area contributed by atoms with E-state index in [0.717, 1.165) is 5.56 Å². The molecule has 5 nitrogen and oxygen atoms in total. The Balaban J connectivity index is 1.76. The van der Waals surface area contributed by atoms with Crippen LogP contribution in [0, 0.1) is 5.92 Å². The lowest BCUT2D eigenvalue weighted by molar-refractivity contribution is -0.122. The molecule has 98 valence electrons. The molecule has 1 atom stereocenters. The largest absolute Gasteiger partial charge is 0.352 e. The number of rotatable bonds is 4. The number of carbonyl (C=O) groups excluding carboxylic acids is 1. The van der Waals surface area contributed by atoms with Gasteiger partial charge in [-0.2, -0.15) is 0 Å². The van der Waals surface area contributed by atoms with Crippen LogP contribution in [0.25, 0.3) is 0 Å². The van der Waals surface area contributed by atoms with Crippen molar-refractivity contribution in [3.8, 4) is 0 Å². The Morgan fingerprint density at radius 1 is 1.39 bits per heavy atom. The Morgan fingerprint density at radius 2 is 2.11 bits per heavy atom. The average Bonchev–Trinajstić information content (AvgIpc) is 2.67. The van der Waals surface area contributed by atoms with E-state index >= 15 is 0 Å². The van der Waals surface area contributed by atoms with Crippen molar-refractivity contribution in [3.63, 3.8) is 0 Å². The molecule has 1 aromatic heterocycles. The first kappa shape index (κ1) is 13.0. The summed E-state index contributed by atoms with van der Waals surface area (Å²) in [6.07, 6.45) is 4.24. The molecule has 18 heavy (non-hydrogen) atoms. The van der Waals surface area contributed by atoms with Gasteiger partial charge in [0.05, 0.1) is 11.5 Å². The maximum Gasteiger partial charge on any atom is 0.220 e. The SMILES string of the molecule is O=C(CC1CCS(=O)(=O)C1)NCc1ccncc1. The minimum Gasteiger partial charge on any atom is -0.352 e. The highest BCUT2D eigenvalue weighted by Crippen LogP contribution is 2.21. The van der Waals surface area contributed by atoms with Gasteiger partial charge in [0.25, 0.3) is 0 Å². The second kappa shape index (κ2) is 5.48. The van der Waals surface area contributed by atoms with Gasteiger partial charge in [0, 0.05) is 25.4 Å². The molecule has 2 heterocycles. The normalized spacial score (nSPS) is 21.7. The van der Waals surface area contributed by atoms with Crippen molar-refractivity contribution < 1.29 is 13.2 Å². The maximum absolute atomic E-state index is 11.7. The standard InChI is InChI=1S/C12H16N2O3S/c15-12(7-11-3-6-18(16,17)9-11)14-8-10-1-4-13-5-2-10/h1-2,4-5,11H,3,6-9H2,(H,14,15). The van der Waals surface area contributed by atoms with E-state index in [4.69, 9.17) is 0 Å². The summed E-state index contributed by atoms with van der Waals surface area (Å²) in [5.41, 5.74) is 0.984. The van der Waals surface area contributed by atoms with E-state index in [2.05, 4.69) is 10.3 Å². The lowest BCUT2D eigenvalue weighted by Gasteiger charge is -2.08. The summed E-state index contributed by atoms with van der Waals surface area (Å²) in [7, 11) is -2.90. The Bertz CT molecular complexity index is 513. The minimum absolute atomic E-state index is 0.0209. The summed E-state index contributed by atoms with van der Waals surface area (Å²) in [5, 5.41) is 2.79. The lowest BCUT2D eigenvalue weighted by atomic mass is 10.1. The Labute approximate surface area is 107 Å². The third-order valence-corrected chi connectivity index (χ3v) is 4.88. The highest BCUT2D eigenvalue weighted by atomic mass is 32.2. The number of carbonyl (C=O) groups is 1. The first-order valence-electron chi connectivity index (χ1n) is 5.91. The van der Waals surface area contributed by atoms with E-state index in [-0.39, 0.29) is 23.3 Å². The van der Waals surface area contributed by atoms with Gasteiger partial charge in [-0.05, 0) is 30.0 Å². The monoisotopic (exact) mass is 268 g/mol. The molecule has 1 N–H and O–H groups in total. The van der Waals surface area contributed by atoms with Crippen molar-refractivity contribution in [2.75, 3.05) is 11.5 Å². The minimum atomic E-state index is -2.90. The second-order valence-corrected chi connectivity index (χ2v) is 6.83. The third kappa shape index (κ3) is 3.80. The number of nitrogens with zero attached hydrogens (tertiary/aromatic N) is 1. The first-order chi connectivity index (χ1) is 8.55. The molecular weight excluding hydrogens is 252 g/mol. The van der Waals surface area contributed by atoms with Crippen LogP contribution in [0.1, 0.15) is 18.4 Å². The number of hydrogen-bond donors (Lipinski definition) is 1. The van der Waals surface area contributed by atoms with Gasteiger partial charge in [0.2, 0.25) is 5.91 Å². The van der Waals surface area contributed by atoms with Crippen molar-refractivity contribution in [1.82, 2.24) is 10.3 Å². The fourth-order valence-corrected chi connectivity index (χ4v) is 3.93. The molecule has 1 amide bonds. The lowest BCUT2D eigenvalue weighted by Crippen LogP contribution is -2.25. The van der Waals surface area contributed by atoms with Gasteiger partial charge in [-0.3, -0.25) is 9.78 Å². The van der Waals surface area contributed by atoms with E-state index < -0.39 is 9.84 Å². The van der Waals surface area contributed by atoms with Gasteiger partial charge in [0.15, 0.2) is 9.84 Å². The summed E-state index contributed by atoms with van der Waals surface area (Å²) in [6, 6.07) is 3.67. The number of sulfone groups is 1. The Hall–Kier alpha value is -1.43. The van der Waals surface area contributed by atoms with E-state index in [1.54, 1.807) is 12.4 Å². The smallest absolute Gasteiger partial charge is 0.220 e. The third-order valence-electron chi connectivity index (χ3n) is 3.04. The maximum atomic E-state index is 11.7. The molecule has 0 saturated carbocycles. The Morgan fingerprint density at radius 3 is 2.72 bits per heavy atom. The molecule has 1 fully saturated rings. The number of hydrogen-bond acceptors (Lipinski definition) is 4. The fourth-order valence-electron chi connectivity index (χ4n) is 2.07. The van der Waals surface area contributed by atoms with E-state index in [0.29, 0.717) is 19.4 Å². The van der Waals surface area contributed by atoms with Crippen molar-refractivity contribution >= 4 is 15.7 Å². The number of amides is 1. The molecule has 6 heteroatoms. The van der Waals surface area contributed by atoms with Crippen molar-refractivity contribution in [2.45, 2.75) is 19.4 Å². The van der Waals surface area contributed by atoms with Crippen LogP contribution in [0.3, 0.4) is 0 Å². The fraction of sp³-hybridized carbons (Fsp3) is 0.500. The van der Waals surface area contributed by atoms with Gasteiger partial charge in [-0.1, -0.05) is 0 Å². The summed E-state index contributed by atoms with van der Waals surface area (Å²) in [4.78, 5) is 15.6. The summed E-state index contributed by atoms with van der Waals surface area (Å²) < 4.78 is 22.5. The van der Waals surface area contributed by atoms with Gasteiger partial charge < -0.3 is 5.32 Å². The molecule has 0 spiro atoms. The molecule has 1 unspecified atom stereocenters. The zero-order chi connectivity index (χ0) is 13.0. The van der Waals surface area contributed by atoms with Crippen LogP contribution >= 0.6 is 0 Å². The number of pyridine rings is 1.